The third kappa shape index (κ3) is 4.30. The van der Waals surface area contributed by atoms with Crippen molar-refractivity contribution in [2.45, 2.75) is 57.9 Å². The van der Waals surface area contributed by atoms with Gasteiger partial charge in [-0.25, -0.2) is 0 Å². The summed E-state index contributed by atoms with van der Waals surface area (Å²) in [5.41, 5.74) is 6.01. The maximum atomic E-state index is 12.3. The molecule has 0 spiro atoms. The highest BCUT2D eigenvalue weighted by Gasteiger charge is 2.32. The number of nitrogens with zero attached hydrogens (tertiary/aromatic N) is 1. The Labute approximate surface area is 105 Å². The van der Waals surface area contributed by atoms with E-state index in [1.165, 1.54) is 25.7 Å². The van der Waals surface area contributed by atoms with Crippen LogP contribution >= 0.6 is 0 Å². The molecule has 17 heavy (non-hydrogen) atoms. The molecular weight excluding hydrogens is 212 g/mol. The topological polar surface area (TPSA) is 46.3 Å². The van der Waals surface area contributed by atoms with Gasteiger partial charge in [0.15, 0.2) is 0 Å². The van der Waals surface area contributed by atoms with Gasteiger partial charge < -0.3 is 10.6 Å². The van der Waals surface area contributed by atoms with E-state index in [0.29, 0.717) is 0 Å². The Hall–Kier alpha value is -0.570. The molecule has 0 aromatic rings. The molecule has 1 unspecified atom stereocenters. The van der Waals surface area contributed by atoms with Gasteiger partial charge in [0.2, 0.25) is 5.91 Å². The number of amides is 1. The van der Waals surface area contributed by atoms with Crippen molar-refractivity contribution >= 4 is 5.91 Å². The van der Waals surface area contributed by atoms with E-state index in [1.54, 1.807) is 0 Å². The predicted octanol–water partition coefficient (Wildman–Crippen LogP) is 2.15. The molecule has 2 aliphatic carbocycles. The average Bonchev–Trinajstić information content (AvgIpc) is 3.18. The smallest absolute Gasteiger partial charge is 0.239 e. The molecule has 3 heteroatoms. The zero-order valence-electron chi connectivity index (χ0n) is 11.0. The van der Waals surface area contributed by atoms with Gasteiger partial charge in [-0.2, -0.15) is 0 Å². The second-order valence-corrected chi connectivity index (χ2v) is 5.88. The summed E-state index contributed by atoms with van der Waals surface area (Å²) in [5, 5.41) is 0. The first-order valence-electron chi connectivity index (χ1n) is 7.25. The predicted molar refractivity (Wildman–Crippen MR) is 69.5 cm³/mol. The number of rotatable bonds is 8. The second-order valence-electron chi connectivity index (χ2n) is 5.88. The monoisotopic (exact) mass is 238 g/mol. The van der Waals surface area contributed by atoms with Crippen LogP contribution in [0.15, 0.2) is 0 Å². The Morgan fingerprint density at radius 1 is 1.24 bits per heavy atom. The lowest BCUT2D eigenvalue weighted by Crippen LogP contribution is -2.45. The first kappa shape index (κ1) is 12.9. The van der Waals surface area contributed by atoms with Crippen LogP contribution < -0.4 is 5.73 Å². The highest BCUT2D eigenvalue weighted by Crippen LogP contribution is 2.34. The van der Waals surface area contributed by atoms with Crippen molar-refractivity contribution in [1.82, 2.24) is 4.90 Å². The highest BCUT2D eigenvalue weighted by atomic mass is 16.2. The van der Waals surface area contributed by atoms with Crippen molar-refractivity contribution in [2.75, 3.05) is 13.1 Å². The van der Waals surface area contributed by atoms with E-state index in [2.05, 4.69) is 11.8 Å². The molecule has 0 aliphatic heterocycles. The Morgan fingerprint density at radius 3 is 2.18 bits per heavy atom. The first-order valence-corrected chi connectivity index (χ1v) is 7.25. The van der Waals surface area contributed by atoms with Crippen LogP contribution in [0.1, 0.15) is 51.9 Å². The van der Waals surface area contributed by atoms with Crippen LogP contribution in [0.2, 0.25) is 0 Å². The van der Waals surface area contributed by atoms with Crippen molar-refractivity contribution < 1.29 is 4.79 Å². The van der Waals surface area contributed by atoms with Gasteiger partial charge in [-0.15, -0.1) is 0 Å². The molecule has 0 aromatic heterocycles. The molecule has 0 saturated heterocycles. The summed E-state index contributed by atoms with van der Waals surface area (Å²) in [6, 6.07) is -0.257. The Kier molecular flexibility index (Phi) is 4.43. The van der Waals surface area contributed by atoms with Crippen molar-refractivity contribution in [3.05, 3.63) is 0 Å². The van der Waals surface area contributed by atoms with E-state index in [9.17, 15) is 4.79 Å². The van der Waals surface area contributed by atoms with Gasteiger partial charge in [0.05, 0.1) is 6.04 Å². The molecule has 1 amide bonds. The summed E-state index contributed by atoms with van der Waals surface area (Å²) in [6.07, 6.45) is 8.25. The molecule has 3 nitrogen and oxygen atoms in total. The highest BCUT2D eigenvalue weighted by molar-refractivity contribution is 5.81. The van der Waals surface area contributed by atoms with E-state index < -0.39 is 0 Å². The van der Waals surface area contributed by atoms with Gasteiger partial charge in [0, 0.05) is 13.1 Å². The maximum Gasteiger partial charge on any atom is 0.239 e. The summed E-state index contributed by atoms with van der Waals surface area (Å²) in [4.78, 5) is 14.3. The largest absolute Gasteiger partial charge is 0.341 e. The van der Waals surface area contributed by atoms with Crippen LogP contribution in [-0.2, 0) is 4.79 Å². The maximum absolute atomic E-state index is 12.3. The average molecular weight is 238 g/mol. The van der Waals surface area contributed by atoms with Gasteiger partial charge in [-0.1, -0.05) is 19.8 Å². The van der Waals surface area contributed by atoms with E-state index >= 15 is 0 Å². The van der Waals surface area contributed by atoms with Crippen molar-refractivity contribution in [3.8, 4) is 0 Å². The van der Waals surface area contributed by atoms with Crippen molar-refractivity contribution in [1.29, 1.82) is 0 Å². The Morgan fingerprint density at radius 2 is 1.76 bits per heavy atom. The first-order chi connectivity index (χ1) is 8.20. The van der Waals surface area contributed by atoms with Crippen LogP contribution in [0.5, 0.6) is 0 Å². The molecule has 2 N–H and O–H groups in total. The molecule has 0 heterocycles. The summed E-state index contributed by atoms with van der Waals surface area (Å²) in [6.45, 7) is 4.08. The number of nitrogens with two attached hydrogens (primary N) is 1. The van der Waals surface area contributed by atoms with Crippen LogP contribution in [0.4, 0.5) is 0 Å². The number of hydrogen-bond donors (Lipinski definition) is 1. The zero-order chi connectivity index (χ0) is 12.3. The Balaban J connectivity index is 1.80. The van der Waals surface area contributed by atoms with E-state index in [1.807, 2.05) is 0 Å². The van der Waals surface area contributed by atoms with E-state index in [-0.39, 0.29) is 11.9 Å². The summed E-state index contributed by atoms with van der Waals surface area (Å²) >= 11 is 0. The molecule has 2 fully saturated rings. The minimum absolute atomic E-state index is 0.206. The van der Waals surface area contributed by atoms with Crippen LogP contribution in [-0.4, -0.2) is 29.9 Å². The van der Waals surface area contributed by atoms with E-state index in [0.717, 1.165) is 44.2 Å². The Bertz CT molecular complexity index is 245. The van der Waals surface area contributed by atoms with Gasteiger partial charge >= 0.3 is 0 Å². The normalized spacial score (nSPS) is 21.3. The second kappa shape index (κ2) is 5.85. The minimum atomic E-state index is -0.257. The summed E-state index contributed by atoms with van der Waals surface area (Å²) in [5.74, 6) is 1.75. The number of hydrogen-bond acceptors (Lipinski definition) is 2. The molecule has 98 valence electrons. The summed E-state index contributed by atoms with van der Waals surface area (Å²) < 4.78 is 0. The number of unbranched alkanes of at least 4 members (excludes halogenated alkanes) is 1. The fraction of sp³-hybridized carbons (Fsp3) is 0.929. The zero-order valence-corrected chi connectivity index (χ0v) is 11.0. The molecule has 2 rings (SSSR count). The summed E-state index contributed by atoms with van der Waals surface area (Å²) in [7, 11) is 0. The van der Waals surface area contributed by atoms with Gasteiger partial charge in [0.1, 0.15) is 0 Å². The molecule has 0 radical (unpaired) electrons. The molecule has 1 atom stereocenters. The quantitative estimate of drug-likeness (QED) is 0.704. The fourth-order valence-corrected chi connectivity index (χ4v) is 2.26. The standard InChI is InChI=1S/C14H26N2O/c1-2-3-4-13(15)14(17)16(9-11-5-6-11)10-12-7-8-12/h11-13H,2-10,15H2,1H3. The lowest BCUT2D eigenvalue weighted by atomic mass is 10.1. The van der Waals surface area contributed by atoms with Gasteiger partial charge in [-0.05, 0) is 43.9 Å². The van der Waals surface area contributed by atoms with Crippen molar-refractivity contribution in [3.63, 3.8) is 0 Å². The SMILES string of the molecule is CCCCC(N)C(=O)N(CC1CC1)CC1CC1. The molecular formula is C14H26N2O. The third-order valence-electron chi connectivity index (χ3n) is 3.85. The number of carbonyl (C=O) groups excluding carboxylic acids is 1. The molecule has 2 aliphatic rings. The fourth-order valence-electron chi connectivity index (χ4n) is 2.26. The minimum Gasteiger partial charge on any atom is -0.341 e. The van der Waals surface area contributed by atoms with Gasteiger partial charge in [-0.3, -0.25) is 4.79 Å². The molecule has 0 bridgehead atoms. The third-order valence-corrected chi connectivity index (χ3v) is 3.85. The molecule has 0 aromatic carbocycles. The lowest BCUT2D eigenvalue weighted by molar-refractivity contribution is -0.133. The van der Waals surface area contributed by atoms with Crippen LogP contribution in [0.3, 0.4) is 0 Å². The van der Waals surface area contributed by atoms with E-state index in [4.69, 9.17) is 5.73 Å². The lowest BCUT2D eigenvalue weighted by Gasteiger charge is -2.25. The molecule has 2 saturated carbocycles. The van der Waals surface area contributed by atoms with Crippen LogP contribution in [0, 0.1) is 11.8 Å². The number of carbonyl (C=O) groups is 1. The van der Waals surface area contributed by atoms with Gasteiger partial charge in [0.25, 0.3) is 0 Å². The van der Waals surface area contributed by atoms with Crippen LogP contribution in [0.25, 0.3) is 0 Å². The van der Waals surface area contributed by atoms with Crippen molar-refractivity contribution in [2.24, 2.45) is 17.6 Å².